The van der Waals surface area contributed by atoms with Crippen molar-refractivity contribution in [2.24, 2.45) is 0 Å². The Hall–Kier alpha value is -4.01. The molecule has 5 N–H and O–H groups in total. The van der Waals surface area contributed by atoms with E-state index in [4.69, 9.17) is 34.3 Å². The van der Waals surface area contributed by atoms with Gasteiger partial charge in [-0.2, -0.15) is 0 Å². The summed E-state index contributed by atoms with van der Waals surface area (Å²) in [5.74, 6) is -3.62. The zero-order chi connectivity index (χ0) is 32.2. The van der Waals surface area contributed by atoms with Crippen molar-refractivity contribution in [2.45, 2.75) is 76.3 Å². The van der Waals surface area contributed by atoms with Crippen molar-refractivity contribution in [1.82, 2.24) is 10.6 Å². The van der Waals surface area contributed by atoms with Crippen LogP contribution in [0.4, 0.5) is 4.79 Å². The molecule has 0 unspecified atom stereocenters. The molecule has 244 valence electrons. The van der Waals surface area contributed by atoms with E-state index in [2.05, 4.69) is 10.6 Å². The largest absolute Gasteiger partial charge is 0.481 e. The second-order valence-corrected chi connectivity index (χ2v) is 10.1. The van der Waals surface area contributed by atoms with Crippen LogP contribution in [-0.2, 0) is 44.7 Å². The zero-order valence-electron chi connectivity index (χ0n) is 24.6. The fraction of sp³-hybridized carbons (Fsp3) is 0.567. The summed E-state index contributed by atoms with van der Waals surface area (Å²) in [5.41, 5.74) is 1.21. The molecule has 0 saturated carbocycles. The molecule has 1 aromatic carbocycles. The average Bonchev–Trinajstić information content (AvgIpc) is 2.98. The summed E-state index contributed by atoms with van der Waals surface area (Å²) in [6.07, 6.45) is 0.652. The topological polar surface area (TPSA) is 207 Å². The van der Waals surface area contributed by atoms with Gasteiger partial charge in [0.15, 0.2) is 0 Å². The van der Waals surface area contributed by atoms with Crippen molar-refractivity contribution in [3.8, 4) is 0 Å². The van der Waals surface area contributed by atoms with E-state index in [-0.39, 0.29) is 58.0 Å². The maximum Gasteiger partial charge on any atom is 0.407 e. The van der Waals surface area contributed by atoms with Gasteiger partial charge in [0.05, 0.1) is 45.2 Å². The summed E-state index contributed by atoms with van der Waals surface area (Å²) >= 11 is 0. The highest BCUT2D eigenvalue weighted by Crippen LogP contribution is 2.27. The Kier molecular flexibility index (Phi) is 17.1. The Bertz CT molecular complexity index is 1090. The molecular formula is C30H42N2O12. The molecule has 1 aliphatic carbocycles. The molecule has 44 heavy (non-hydrogen) atoms. The fourth-order valence-corrected chi connectivity index (χ4v) is 4.32. The number of ether oxygens (including phenoxy) is 4. The molecule has 2 amide bonds. The van der Waals surface area contributed by atoms with Gasteiger partial charge >= 0.3 is 24.0 Å². The Morgan fingerprint density at radius 3 is 1.91 bits per heavy atom. The fourth-order valence-electron chi connectivity index (χ4n) is 4.32. The van der Waals surface area contributed by atoms with Crippen LogP contribution in [0, 0.1) is 0 Å². The van der Waals surface area contributed by atoms with Gasteiger partial charge in [-0.15, -0.1) is 0 Å². The number of carbonyl (C=O) groups is 5. The van der Waals surface area contributed by atoms with E-state index in [1.807, 2.05) is 30.3 Å². The Labute approximate surface area is 255 Å². The van der Waals surface area contributed by atoms with Crippen LogP contribution in [0.3, 0.4) is 0 Å². The lowest BCUT2D eigenvalue weighted by Crippen LogP contribution is -2.47. The second kappa shape index (κ2) is 20.8. The second-order valence-electron chi connectivity index (χ2n) is 10.1. The van der Waals surface area contributed by atoms with Gasteiger partial charge in [-0.05, 0) is 24.5 Å². The predicted molar refractivity (Wildman–Crippen MR) is 155 cm³/mol. The number of rotatable bonds is 22. The molecule has 0 spiro atoms. The van der Waals surface area contributed by atoms with E-state index in [1.165, 1.54) is 6.08 Å². The monoisotopic (exact) mass is 622 g/mol. The number of carboxylic acid groups (broad SMARTS) is 3. The van der Waals surface area contributed by atoms with Crippen LogP contribution < -0.4 is 10.6 Å². The van der Waals surface area contributed by atoms with E-state index in [9.17, 15) is 24.0 Å². The molecular weight excluding hydrogens is 580 g/mol. The van der Waals surface area contributed by atoms with Crippen molar-refractivity contribution in [3.63, 3.8) is 0 Å². The molecule has 1 aromatic rings. The maximum atomic E-state index is 13.0. The SMILES string of the molecule is O=C(O)CCO[C@@H]1[C@H](OCCC(=O)O)C=C(C(=O)NCCCCCCNC(=O)OCc2ccccc2)C[C@H]1OCCC(=O)O. The summed E-state index contributed by atoms with van der Waals surface area (Å²) in [4.78, 5) is 57.7. The van der Waals surface area contributed by atoms with E-state index in [0.717, 1.165) is 24.8 Å². The van der Waals surface area contributed by atoms with Crippen LogP contribution in [-0.4, -0.2) is 96.4 Å². The number of alkyl carbamates (subject to hydrolysis) is 1. The zero-order valence-corrected chi connectivity index (χ0v) is 24.6. The Balaban J connectivity index is 1.81. The minimum Gasteiger partial charge on any atom is -0.481 e. The van der Waals surface area contributed by atoms with Crippen LogP contribution in [0.2, 0.25) is 0 Å². The normalized spacial score (nSPS) is 17.7. The van der Waals surface area contributed by atoms with Crippen molar-refractivity contribution in [2.75, 3.05) is 32.9 Å². The first-order valence-corrected chi connectivity index (χ1v) is 14.6. The number of unbranched alkanes of at least 4 members (excludes halogenated alkanes) is 3. The van der Waals surface area contributed by atoms with Gasteiger partial charge in [-0.3, -0.25) is 19.2 Å². The van der Waals surface area contributed by atoms with Gasteiger partial charge in [0.25, 0.3) is 0 Å². The van der Waals surface area contributed by atoms with Crippen molar-refractivity contribution in [1.29, 1.82) is 0 Å². The van der Waals surface area contributed by atoms with E-state index in [0.29, 0.717) is 25.1 Å². The van der Waals surface area contributed by atoms with Crippen LogP contribution >= 0.6 is 0 Å². The number of aliphatic carboxylic acids is 3. The molecule has 14 heteroatoms. The summed E-state index contributed by atoms with van der Waals surface area (Å²) in [6.45, 7) is 0.509. The molecule has 14 nitrogen and oxygen atoms in total. The first-order chi connectivity index (χ1) is 21.2. The third-order valence-electron chi connectivity index (χ3n) is 6.54. The standard InChI is InChI=1S/C30H42N2O12/c33-25(34)10-15-41-23-18-22(19-24(42-16-11-26(35)36)28(23)43-17-12-27(37)38)29(39)31-13-6-1-2-7-14-32-30(40)44-20-21-8-4-3-5-9-21/h3-5,8-9,18,23-24,28H,1-2,6-7,10-17,19-20H2,(H,31,39)(H,32,40)(H,33,34)(H,35,36)(H,37,38)/t23-,24-,28-/m1/s1. The molecule has 0 aliphatic heterocycles. The first kappa shape index (κ1) is 36.2. The van der Waals surface area contributed by atoms with Gasteiger partial charge in [-0.25, -0.2) is 4.79 Å². The first-order valence-electron chi connectivity index (χ1n) is 14.6. The number of carboxylic acids is 3. The highest BCUT2D eigenvalue weighted by Gasteiger charge is 2.37. The van der Waals surface area contributed by atoms with Crippen molar-refractivity contribution < 1.29 is 58.2 Å². The highest BCUT2D eigenvalue weighted by molar-refractivity contribution is 5.93. The third-order valence-corrected chi connectivity index (χ3v) is 6.54. The van der Waals surface area contributed by atoms with Crippen molar-refractivity contribution >= 4 is 29.9 Å². The minimum atomic E-state index is -1.08. The van der Waals surface area contributed by atoms with Crippen LogP contribution in [0.25, 0.3) is 0 Å². The molecule has 0 saturated heterocycles. The van der Waals surface area contributed by atoms with Gasteiger partial charge < -0.3 is 44.9 Å². The van der Waals surface area contributed by atoms with Crippen LogP contribution in [0.5, 0.6) is 0 Å². The number of benzene rings is 1. The van der Waals surface area contributed by atoms with Gasteiger partial charge in [0.1, 0.15) is 18.8 Å². The lowest BCUT2D eigenvalue weighted by Gasteiger charge is -2.36. The quantitative estimate of drug-likeness (QED) is 0.118. The molecule has 0 radical (unpaired) electrons. The molecule has 0 aromatic heterocycles. The maximum absolute atomic E-state index is 13.0. The molecule has 0 bridgehead atoms. The highest BCUT2D eigenvalue weighted by atomic mass is 16.6. The average molecular weight is 623 g/mol. The smallest absolute Gasteiger partial charge is 0.407 e. The lowest BCUT2D eigenvalue weighted by molar-refractivity contribution is -0.153. The Morgan fingerprint density at radius 2 is 1.30 bits per heavy atom. The van der Waals surface area contributed by atoms with Gasteiger partial charge in [0, 0.05) is 25.1 Å². The van der Waals surface area contributed by atoms with Gasteiger partial charge in [0.2, 0.25) is 5.91 Å². The number of amides is 2. The predicted octanol–water partition coefficient (Wildman–Crippen LogP) is 2.50. The van der Waals surface area contributed by atoms with E-state index in [1.54, 1.807) is 0 Å². The van der Waals surface area contributed by atoms with Gasteiger partial charge in [-0.1, -0.05) is 43.2 Å². The summed E-state index contributed by atoms with van der Waals surface area (Å²) in [6, 6.07) is 9.37. The van der Waals surface area contributed by atoms with E-state index < -0.39 is 42.3 Å². The number of nitrogens with one attached hydrogen (secondary N) is 2. The summed E-state index contributed by atoms with van der Waals surface area (Å²) < 4.78 is 22.3. The van der Waals surface area contributed by atoms with Crippen LogP contribution in [0.15, 0.2) is 42.0 Å². The number of carbonyl (C=O) groups excluding carboxylic acids is 2. The van der Waals surface area contributed by atoms with Crippen LogP contribution in [0.1, 0.15) is 56.9 Å². The number of hydrogen-bond donors (Lipinski definition) is 5. The molecule has 2 rings (SSSR count). The molecule has 0 heterocycles. The van der Waals surface area contributed by atoms with E-state index >= 15 is 0 Å². The summed E-state index contributed by atoms with van der Waals surface area (Å²) in [7, 11) is 0. The lowest BCUT2D eigenvalue weighted by atomic mass is 9.91. The Morgan fingerprint density at radius 1 is 0.727 bits per heavy atom. The summed E-state index contributed by atoms with van der Waals surface area (Å²) in [5, 5.41) is 32.5. The minimum absolute atomic E-state index is 0.0635. The van der Waals surface area contributed by atoms with Crippen molar-refractivity contribution in [3.05, 3.63) is 47.5 Å². The molecule has 3 atom stereocenters. The molecule has 0 fully saturated rings. The molecule has 1 aliphatic rings. The number of hydrogen-bond acceptors (Lipinski definition) is 9. The third kappa shape index (κ3) is 15.5.